The van der Waals surface area contributed by atoms with Crippen LogP contribution in [0.15, 0.2) is 36.7 Å². The van der Waals surface area contributed by atoms with Crippen LogP contribution in [0, 0.1) is 0 Å². The number of carbonyl (C=O) groups is 1. The molecule has 142 valence electrons. The smallest absolute Gasteiger partial charge is 0.333 e. The predicted octanol–water partition coefficient (Wildman–Crippen LogP) is 1.59. The van der Waals surface area contributed by atoms with Gasteiger partial charge in [-0.2, -0.15) is 9.97 Å². The number of carbonyl (C=O) groups excluding carboxylic acids is 1. The van der Waals surface area contributed by atoms with Gasteiger partial charge in [0.05, 0.1) is 19.5 Å². The van der Waals surface area contributed by atoms with Gasteiger partial charge in [0, 0.05) is 7.11 Å². The molecule has 1 aromatic carbocycles. The van der Waals surface area contributed by atoms with Gasteiger partial charge in [0.1, 0.15) is 6.61 Å². The number of benzene rings is 1. The van der Waals surface area contributed by atoms with Crippen LogP contribution >= 0.6 is 0 Å². The number of hydrogen-bond acceptors (Lipinski definition) is 8. The Morgan fingerprint density at radius 1 is 1.22 bits per heavy atom. The van der Waals surface area contributed by atoms with E-state index in [0.29, 0.717) is 17.8 Å². The highest BCUT2D eigenvalue weighted by Gasteiger charge is 2.27. The molecule has 0 aliphatic rings. The number of hydrogen-bond donors (Lipinski definition) is 1. The molecule has 9 nitrogen and oxygen atoms in total. The van der Waals surface area contributed by atoms with Crippen molar-refractivity contribution in [2.75, 3.05) is 32.7 Å². The Bertz CT molecular complexity index is 913. The molecule has 0 aliphatic carbocycles. The van der Waals surface area contributed by atoms with Crippen LogP contribution in [-0.4, -0.2) is 52.4 Å². The van der Waals surface area contributed by atoms with Crippen LogP contribution in [0.3, 0.4) is 0 Å². The Labute approximate surface area is 156 Å². The van der Waals surface area contributed by atoms with Crippen LogP contribution in [0.25, 0.3) is 11.2 Å². The van der Waals surface area contributed by atoms with E-state index in [0.717, 1.165) is 5.56 Å². The third-order valence-corrected chi connectivity index (χ3v) is 3.85. The summed E-state index contributed by atoms with van der Waals surface area (Å²) in [6.45, 7) is 2.68. The Kier molecular flexibility index (Phi) is 5.82. The molecule has 1 atom stereocenters. The summed E-state index contributed by atoms with van der Waals surface area (Å²) in [6.07, 6.45) is 1.50. The maximum absolute atomic E-state index is 12.7. The second kappa shape index (κ2) is 8.45. The highest BCUT2D eigenvalue weighted by molar-refractivity contribution is 5.85. The Morgan fingerprint density at radius 2 is 2.00 bits per heavy atom. The summed E-state index contributed by atoms with van der Waals surface area (Å²) in [5.74, 6) is -0.246. The molecule has 3 rings (SSSR count). The molecule has 3 aromatic rings. The molecule has 0 fully saturated rings. The van der Waals surface area contributed by atoms with E-state index in [-0.39, 0.29) is 25.0 Å². The van der Waals surface area contributed by atoms with Gasteiger partial charge in [-0.05, 0) is 12.5 Å². The summed E-state index contributed by atoms with van der Waals surface area (Å²) >= 11 is 0. The number of nitrogen functional groups attached to an aromatic ring is 1. The average molecular weight is 371 g/mol. The van der Waals surface area contributed by atoms with Gasteiger partial charge >= 0.3 is 12.0 Å². The summed E-state index contributed by atoms with van der Waals surface area (Å²) in [6, 6.07) is 8.60. The van der Waals surface area contributed by atoms with Gasteiger partial charge in [-0.1, -0.05) is 30.3 Å². The number of nitrogens with two attached hydrogens (primary N) is 1. The van der Waals surface area contributed by atoms with Gasteiger partial charge in [0.25, 0.3) is 0 Å². The molecule has 0 spiro atoms. The van der Waals surface area contributed by atoms with Crippen molar-refractivity contribution in [2.24, 2.45) is 0 Å². The first-order chi connectivity index (χ1) is 13.2. The first-order valence-corrected chi connectivity index (χ1v) is 8.49. The van der Waals surface area contributed by atoms with Crippen molar-refractivity contribution in [3.8, 4) is 6.01 Å². The molecule has 0 saturated carbocycles. The topological polar surface area (TPSA) is 114 Å². The highest BCUT2D eigenvalue weighted by atomic mass is 16.5. The lowest BCUT2D eigenvalue weighted by Crippen LogP contribution is -2.23. The van der Waals surface area contributed by atoms with Crippen molar-refractivity contribution in [3.05, 3.63) is 42.2 Å². The maximum atomic E-state index is 12.7. The number of methoxy groups -OCH3 is 1. The molecule has 2 heterocycles. The highest BCUT2D eigenvalue weighted by Crippen LogP contribution is 2.27. The molecule has 2 N–H and O–H groups in total. The van der Waals surface area contributed by atoms with E-state index >= 15 is 0 Å². The van der Waals surface area contributed by atoms with Crippen LogP contribution in [0.1, 0.15) is 18.5 Å². The normalized spacial score (nSPS) is 12.1. The van der Waals surface area contributed by atoms with E-state index in [1.807, 2.05) is 30.3 Å². The summed E-state index contributed by atoms with van der Waals surface area (Å²) in [5, 5.41) is 0. The Hall–Kier alpha value is -3.20. The monoisotopic (exact) mass is 371 g/mol. The first-order valence-electron chi connectivity index (χ1n) is 8.49. The number of nitrogens with zero attached hydrogens (tertiary/aromatic N) is 4. The molecule has 27 heavy (non-hydrogen) atoms. The van der Waals surface area contributed by atoms with Crippen molar-refractivity contribution in [1.82, 2.24) is 19.5 Å². The summed E-state index contributed by atoms with van der Waals surface area (Å²) < 4.78 is 17.3. The van der Waals surface area contributed by atoms with E-state index in [1.54, 1.807) is 18.6 Å². The van der Waals surface area contributed by atoms with Crippen LogP contribution in [0.5, 0.6) is 6.01 Å². The fourth-order valence-corrected chi connectivity index (χ4v) is 2.65. The lowest BCUT2D eigenvalue weighted by atomic mass is 10.1. The number of fused-ring (bicyclic) bond motifs is 1. The molecule has 9 heteroatoms. The number of anilines is 1. The zero-order valence-corrected chi connectivity index (χ0v) is 15.2. The number of esters is 1. The average Bonchev–Trinajstić information content (AvgIpc) is 3.08. The molecule has 0 radical (unpaired) electrons. The first kappa shape index (κ1) is 18.6. The van der Waals surface area contributed by atoms with Crippen LogP contribution in [-0.2, 0) is 14.3 Å². The molecule has 1 unspecified atom stereocenters. The van der Waals surface area contributed by atoms with Gasteiger partial charge < -0.3 is 19.9 Å². The van der Waals surface area contributed by atoms with Crippen molar-refractivity contribution < 1.29 is 19.0 Å². The van der Waals surface area contributed by atoms with Crippen molar-refractivity contribution in [2.45, 2.75) is 13.0 Å². The predicted molar refractivity (Wildman–Crippen MR) is 98.3 cm³/mol. The lowest BCUT2D eigenvalue weighted by molar-refractivity contribution is -0.145. The number of aromatic nitrogens is 4. The number of rotatable bonds is 8. The van der Waals surface area contributed by atoms with Crippen molar-refractivity contribution >= 4 is 23.0 Å². The van der Waals surface area contributed by atoms with E-state index in [9.17, 15) is 4.79 Å². The SMILES string of the molecule is CCOC(=O)C(c1ccccc1)n1cnc2c(N)nc(OCCOC)nc21. The fourth-order valence-electron chi connectivity index (χ4n) is 2.65. The quantitative estimate of drug-likeness (QED) is 0.469. The molecular formula is C18H21N5O4. The van der Waals surface area contributed by atoms with Gasteiger partial charge in [-0.3, -0.25) is 4.57 Å². The standard InChI is InChI=1S/C18H21N5O4/c1-3-26-17(24)14(12-7-5-4-6-8-12)23-11-20-13-15(19)21-18(22-16(13)23)27-10-9-25-2/h4-8,11,14H,3,9-10H2,1-2H3,(H2,19,21,22). The van der Waals surface area contributed by atoms with Gasteiger partial charge in [0.15, 0.2) is 23.0 Å². The van der Waals surface area contributed by atoms with Crippen LogP contribution in [0.2, 0.25) is 0 Å². The number of imidazole rings is 1. The fraction of sp³-hybridized carbons (Fsp3) is 0.333. The Morgan fingerprint density at radius 3 is 2.70 bits per heavy atom. The summed E-state index contributed by atoms with van der Waals surface area (Å²) in [7, 11) is 1.57. The minimum absolute atomic E-state index is 0.0921. The van der Waals surface area contributed by atoms with E-state index < -0.39 is 12.0 Å². The Balaban J connectivity index is 2.07. The minimum Gasteiger partial charge on any atom is -0.464 e. The second-order valence-corrected chi connectivity index (χ2v) is 5.62. The molecule has 0 saturated heterocycles. The second-order valence-electron chi connectivity index (χ2n) is 5.62. The third kappa shape index (κ3) is 3.98. The van der Waals surface area contributed by atoms with Crippen LogP contribution < -0.4 is 10.5 Å². The van der Waals surface area contributed by atoms with Crippen molar-refractivity contribution in [1.29, 1.82) is 0 Å². The van der Waals surface area contributed by atoms with E-state index in [2.05, 4.69) is 15.0 Å². The van der Waals surface area contributed by atoms with Gasteiger partial charge in [-0.15, -0.1) is 0 Å². The molecule has 0 bridgehead atoms. The zero-order valence-electron chi connectivity index (χ0n) is 15.2. The lowest BCUT2D eigenvalue weighted by Gasteiger charge is -2.18. The molecule has 0 aliphatic heterocycles. The van der Waals surface area contributed by atoms with E-state index in [4.69, 9.17) is 19.9 Å². The largest absolute Gasteiger partial charge is 0.464 e. The third-order valence-electron chi connectivity index (χ3n) is 3.85. The van der Waals surface area contributed by atoms with E-state index in [1.165, 1.54) is 6.33 Å². The summed E-state index contributed by atoms with van der Waals surface area (Å²) in [5.41, 5.74) is 7.51. The molecular weight excluding hydrogens is 350 g/mol. The summed E-state index contributed by atoms with van der Waals surface area (Å²) in [4.78, 5) is 25.4. The zero-order chi connectivity index (χ0) is 19.2. The van der Waals surface area contributed by atoms with Crippen LogP contribution in [0.4, 0.5) is 5.82 Å². The maximum Gasteiger partial charge on any atom is 0.333 e. The van der Waals surface area contributed by atoms with Gasteiger partial charge in [-0.25, -0.2) is 9.78 Å². The van der Waals surface area contributed by atoms with Gasteiger partial charge in [0.2, 0.25) is 0 Å². The molecule has 0 amide bonds. The minimum atomic E-state index is -0.753. The van der Waals surface area contributed by atoms with Crippen molar-refractivity contribution in [3.63, 3.8) is 0 Å². The molecule has 2 aromatic heterocycles. The number of ether oxygens (including phenoxy) is 3.